The van der Waals surface area contributed by atoms with Crippen LogP contribution in [-0.2, 0) is 4.79 Å². The van der Waals surface area contributed by atoms with Gasteiger partial charge in [0.2, 0.25) is 5.91 Å². The van der Waals surface area contributed by atoms with E-state index in [1.807, 2.05) is 0 Å². The van der Waals surface area contributed by atoms with Gasteiger partial charge in [-0.25, -0.2) is 0 Å². The lowest BCUT2D eigenvalue weighted by atomic mass is 10.0. The Morgan fingerprint density at radius 3 is 2.89 bits per heavy atom. The maximum atomic E-state index is 11.8. The molecule has 0 saturated carbocycles. The van der Waals surface area contributed by atoms with Crippen LogP contribution in [0.5, 0.6) is 0 Å². The van der Waals surface area contributed by atoms with Gasteiger partial charge in [0.15, 0.2) is 0 Å². The smallest absolute Gasteiger partial charge is 0.224 e. The third-order valence-electron chi connectivity index (χ3n) is 2.81. The van der Waals surface area contributed by atoms with E-state index in [-0.39, 0.29) is 12.5 Å². The minimum atomic E-state index is 0.00871. The molecule has 0 bridgehead atoms. The average molecular weight is 279 g/mol. The van der Waals surface area contributed by atoms with Crippen molar-refractivity contribution in [1.29, 1.82) is 0 Å². The normalized spacial score (nSPS) is 11.4. The Balaban J connectivity index is 2.77. The van der Waals surface area contributed by atoms with E-state index in [0.29, 0.717) is 28.6 Å². The number of carbonyl (C=O) groups is 1. The Kier molecular flexibility index (Phi) is 6.41. The van der Waals surface area contributed by atoms with Crippen molar-refractivity contribution in [3.8, 4) is 11.8 Å². The molecule has 0 heterocycles. The van der Waals surface area contributed by atoms with Crippen molar-refractivity contribution in [3.63, 3.8) is 0 Å². The molecule has 1 unspecified atom stereocenters. The minimum Gasteiger partial charge on any atom is -0.326 e. The number of nitrogens with two attached hydrogens (primary N) is 1. The van der Waals surface area contributed by atoms with Gasteiger partial charge in [0.25, 0.3) is 0 Å². The second kappa shape index (κ2) is 7.83. The van der Waals surface area contributed by atoms with Gasteiger partial charge in [-0.15, -0.1) is 0 Å². The number of nitrogens with one attached hydrogen (secondary N) is 1. The van der Waals surface area contributed by atoms with E-state index >= 15 is 0 Å². The lowest BCUT2D eigenvalue weighted by Crippen LogP contribution is -2.14. The van der Waals surface area contributed by atoms with Gasteiger partial charge in [-0.1, -0.05) is 43.7 Å². The first-order chi connectivity index (χ1) is 9.06. The molecule has 0 aliphatic heterocycles. The Bertz CT molecular complexity index is 503. The van der Waals surface area contributed by atoms with Crippen LogP contribution in [0.1, 0.15) is 32.3 Å². The summed E-state index contributed by atoms with van der Waals surface area (Å²) in [4.78, 5) is 11.8. The van der Waals surface area contributed by atoms with Crippen LogP contribution in [0.15, 0.2) is 18.2 Å². The first-order valence-corrected chi connectivity index (χ1v) is 6.73. The van der Waals surface area contributed by atoms with Crippen molar-refractivity contribution >= 4 is 23.2 Å². The molecule has 1 atom stereocenters. The fourth-order valence-corrected chi connectivity index (χ4v) is 1.68. The third kappa shape index (κ3) is 5.34. The molecule has 4 heteroatoms. The predicted molar refractivity (Wildman–Crippen MR) is 80.1 cm³/mol. The second-order valence-electron chi connectivity index (χ2n) is 4.47. The number of rotatable bonds is 4. The Hall–Kier alpha value is -1.50. The van der Waals surface area contributed by atoms with Crippen molar-refractivity contribution in [2.45, 2.75) is 26.7 Å². The molecule has 1 amide bonds. The summed E-state index contributed by atoms with van der Waals surface area (Å²) >= 11 is 6.02. The van der Waals surface area contributed by atoms with Gasteiger partial charge in [-0.05, 0) is 24.1 Å². The van der Waals surface area contributed by atoms with Crippen LogP contribution in [-0.4, -0.2) is 12.5 Å². The van der Waals surface area contributed by atoms with Crippen LogP contribution in [0.2, 0.25) is 5.02 Å². The summed E-state index contributed by atoms with van der Waals surface area (Å²) in [7, 11) is 0. The molecule has 3 N–H and O–H groups in total. The molecule has 0 fully saturated rings. The third-order valence-corrected chi connectivity index (χ3v) is 3.14. The summed E-state index contributed by atoms with van der Waals surface area (Å²) in [6.07, 6.45) is 1.50. The molecule has 1 rings (SSSR count). The van der Waals surface area contributed by atoms with Gasteiger partial charge >= 0.3 is 0 Å². The molecule has 1 aromatic rings. The zero-order valence-corrected chi connectivity index (χ0v) is 12.1. The number of hydrogen-bond donors (Lipinski definition) is 2. The molecular formula is C15H19ClN2O. The van der Waals surface area contributed by atoms with Crippen LogP contribution < -0.4 is 11.1 Å². The van der Waals surface area contributed by atoms with Crippen molar-refractivity contribution in [3.05, 3.63) is 28.8 Å². The molecule has 19 heavy (non-hydrogen) atoms. The molecule has 0 radical (unpaired) electrons. The minimum absolute atomic E-state index is 0.00871. The van der Waals surface area contributed by atoms with Crippen LogP contribution in [0.25, 0.3) is 0 Å². The van der Waals surface area contributed by atoms with Crippen molar-refractivity contribution in [2.24, 2.45) is 11.7 Å². The van der Waals surface area contributed by atoms with Crippen molar-refractivity contribution in [1.82, 2.24) is 0 Å². The second-order valence-corrected chi connectivity index (χ2v) is 4.87. The maximum Gasteiger partial charge on any atom is 0.224 e. The highest BCUT2D eigenvalue weighted by Gasteiger charge is 2.08. The van der Waals surface area contributed by atoms with E-state index < -0.39 is 0 Å². The standard InChI is InChI=1S/C15H19ClN2O/c1-3-11(2)9-15(19)18-13-6-7-14(16)12(10-13)5-4-8-17/h6-7,10-11H,3,8-9,17H2,1-2H3,(H,18,19). The molecule has 3 nitrogen and oxygen atoms in total. The van der Waals surface area contributed by atoms with Crippen molar-refractivity contribution < 1.29 is 4.79 Å². The highest BCUT2D eigenvalue weighted by atomic mass is 35.5. The van der Waals surface area contributed by atoms with E-state index in [0.717, 1.165) is 6.42 Å². The highest BCUT2D eigenvalue weighted by molar-refractivity contribution is 6.31. The fourth-order valence-electron chi connectivity index (χ4n) is 1.52. The van der Waals surface area contributed by atoms with E-state index in [9.17, 15) is 4.79 Å². The summed E-state index contributed by atoms with van der Waals surface area (Å²) in [6.45, 7) is 4.40. The van der Waals surface area contributed by atoms with Crippen LogP contribution in [0, 0.1) is 17.8 Å². The van der Waals surface area contributed by atoms with Gasteiger partial charge in [0.05, 0.1) is 11.6 Å². The Morgan fingerprint density at radius 1 is 1.53 bits per heavy atom. The average Bonchev–Trinajstić information content (AvgIpc) is 2.39. The molecule has 0 aliphatic rings. The van der Waals surface area contributed by atoms with Crippen LogP contribution in [0.4, 0.5) is 5.69 Å². The van der Waals surface area contributed by atoms with Gasteiger partial charge in [0, 0.05) is 17.7 Å². The summed E-state index contributed by atoms with van der Waals surface area (Å²) in [5.41, 5.74) is 6.71. The van der Waals surface area contributed by atoms with Crippen molar-refractivity contribution in [2.75, 3.05) is 11.9 Å². The first kappa shape index (κ1) is 15.6. The van der Waals surface area contributed by atoms with E-state index in [2.05, 4.69) is 31.0 Å². The van der Waals surface area contributed by atoms with Crippen LogP contribution in [0.3, 0.4) is 0 Å². The summed E-state index contributed by atoms with van der Waals surface area (Å²) in [6, 6.07) is 5.25. The van der Waals surface area contributed by atoms with Gasteiger partial charge < -0.3 is 11.1 Å². The van der Waals surface area contributed by atoms with Crippen LogP contribution >= 0.6 is 11.6 Å². The molecule has 102 valence electrons. The number of anilines is 1. The molecule has 0 saturated heterocycles. The zero-order chi connectivity index (χ0) is 14.3. The first-order valence-electron chi connectivity index (χ1n) is 6.35. The summed E-state index contributed by atoms with van der Waals surface area (Å²) < 4.78 is 0. The quantitative estimate of drug-likeness (QED) is 0.832. The number of hydrogen-bond acceptors (Lipinski definition) is 2. The highest BCUT2D eigenvalue weighted by Crippen LogP contribution is 2.20. The van der Waals surface area contributed by atoms with Gasteiger partial charge in [-0.2, -0.15) is 0 Å². The Morgan fingerprint density at radius 2 is 2.26 bits per heavy atom. The number of carbonyl (C=O) groups excluding carboxylic acids is 1. The fraction of sp³-hybridized carbons (Fsp3) is 0.400. The van der Waals surface area contributed by atoms with Gasteiger partial charge in [0.1, 0.15) is 0 Å². The summed E-state index contributed by atoms with van der Waals surface area (Å²) in [5.74, 6) is 6.02. The zero-order valence-electron chi connectivity index (χ0n) is 11.3. The Labute approximate surface area is 119 Å². The maximum absolute atomic E-state index is 11.8. The number of benzene rings is 1. The number of halogens is 1. The molecule has 0 spiro atoms. The monoisotopic (exact) mass is 278 g/mol. The van der Waals surface area contributed by atoms with E-state index in [1.165, 1.54) is 0 Å². The number of amides is 1. The molecule has 0 aliphatic carbocycles. The van der Waals surface area contributed by atoms with E-state index in [4.69, 9.17) is 17.3 Å². The lowest BCUT2D eigenvalue weighted by molar-refractivity contribution is -0.117. The lowest BCUT2D eigenvalue weighted by Gasteiger charge is -2.09. The van der Waals surface area contributed by atoms with E-state index in [1.54, 1.807) is 18.2 Å². The molecule has 0 aromatic heterocycles. The SMILES string of the molecule is CCC(C)CC(=O)Nc1ccc(Cl)c(C#CCN)c1. The molecular weight excluding hydrogens is 260 g/mol. The largest absolute Gasteiger partial charge is 0.326 e. The summed E-state index contributed by atoms with van der Waals surface area (Å²) in [5, 5.41) is 3.41. The molecule has 1 aromatic carbocycles. The van der Waals surface area contributed by atoms with Gasteiger partial charge in [-0.3, -0.25) is 4.79 Å². The topological polar surface area (TPSA) is 55.1 Å². The predicted octanol–water partition coefficient (Wildman–Crippen LogP) is 3.02.